The summed E-state index contributed by atoms with van der Waals surface area (Å²) >= 11 is 3.20. The molecule has 3 N–H and O–H groups in total. The van der Waals surface area contributed by atoms with Crippen LogP contribution in [0, 0.1) is 11.7 Å². The second-order valence-electron chi connectivity index (χ2n) is 4.81. The minimum atomic E-state index is -3.66. The molecule has 112 valence electrons. The van der Waals surface area contributed by atoms with Crippen molar-refractivity contribution >= 4 is 31.8 Å². The first-order valence-electron chi connectivity index (χ1n) is 6.35. The van der Waals surface area contributed by atoms with Crippen molar-refractivity contribution in [3.63, 3.8) is 0 Å². The first-order chi connectivity index (χ1) is 9.42. The molecule has 0 saturated carbocycles. The van der Waals surface area contributed by atoms with Crippen molar-refractivity contribution in [1.82, 2.24) is 4.31 Å². The molecular formula is C12H17BrFN3O2S. The molecule has 1 aliphatic heterocycles. The summed E-state index contributed by atoms with van der Waals surface area (Å²) in [5, 5.41) is 0. The minimum Gasteiger partial charge on any atom is -0.330 e. The van der Waals surface area contributed by atoms with Gasteiger partial charge in [-0.15, -0.1) is 0 Å². The van der Waals surface area contributed by atoms with Gasteiger partial charge in [0.05, 0.1) is 5.69 Å². The van der Waals surface area contributed by atoms with Gasteiger partial charge in [0.15, 0.2) is 0 Å². The Balaban J connectivity index is 2.10. The summed E-state index contributed by atoms with van der Waals surface area (Å²) in [6.45, 7) is 1.45. The number of piperidine rings is 1. The predicted molar refractivity (Wildman–Crippen MR) is 80.0 cm³/mol. The van der Waals surface area contributed by atoms with E-state index in [1.807, 2.05) is 0 Å². The van der Waals surface area contributed by atoms with E-state index in [-0.39, 0.29) is 5.69 Å². The lowest BCUT2D eigenvalue weighted by molar-refractivity contribution is 0.280. The number of hydrogen-bond donors (Lipinski definition) is 2. The Labute approximate surface area is 126 Å². The van der Waals surface area contributed by atoms with Gasteiger partial charge in [-0.05, 0) is 59.4 Å². The fraction of sp³-hybridized carbons (Fsp3) is 0.500. The monoisotopic (exact) mass is 365 g/mol. The molecule has 0 atom stereocenters. The SMILES string of the molecule is NCC1CCN(S(=O)(=O)Nc2cc(F)ccc2Br)CC1. The molecule has 20 heavy (non-hydrogen) atoms. The summed E-state index contributed by atoms with van der Waals surface area (Å²) in [4.78, 5) is 0. The molecule has 1 aromatic carbocycles. The van der Waals surface area contributed by atoms with E-state index in [1.165, 1.54) is 16.4 Å². The smallest absolute Gasteiger partial charge is 0.301 e. The van der Waals surface area contributed by atoms with Crippen LogP contribution in [-0.4, -0.2) is 32.4 Å². The predicted octanol–water partition coefficient (Wildman–Crippen LogP) is 1.92. The molecule has 2 rings (SSSR count). The molecule has 5 nitrogen and oxygen atoms in total. The number of nitrogens with one attached hydrogen (secondary N) is 1. The third-order valence-electron chi connectivity index (χ3n) is 3.41. The van der Waals surface area contributed by atoms with Crippen LogP contribution in [0.15, 0.2) is 22.7 Å². The summed E-state index contributed by atoms with van der Waals surface area (Å²) in [5.41, 5.74) is 5.79. The van der Waals surface area contributed by atoms with Gasteiger partial charge in [-0.25, -0.2) is 4.39 Å². The molecule has 0 aliphatic carbocycles. The molecular weight excluding hydrogens is 349 g/mol. The van der Waals surface area contributed by atoms with Gasteiger partial charge in [-0.1, -0.05) is 0 Å². The Morgan fingerprint density at radius 2 is 2.05 bits per heavy atom. The molecule has 1 saturated heterocycles. The third kappa shape index (κ3) is 3.69. The van der Waals surface area contributed by atoms with Gasteiger partial charge < -0.3 is 5.73 Å². The summed E-state index contributed by atoms with van der Waals surface area (Å²) in [6.07, 6.45) is 1.50. The van der Waals surface area contributed by atoms with Crippen molar-refractivity contribution in [2.45, 2.75) is 12.8 Å². The van der Waals surface area contributed by atoms with Crippen molar-refractivity contribution in [2.24, 2.45) is 11.7 Å². The maximum Gasteiger partial charge on any atom is 0.301 e. The molecule has 0 radical (unpaired) electrons. The van der Waals surface area contributed by atoms with Crippen molar-refractivity contribution in [2.75, 3.05) is 24.4 Å². The largest absolute Gasteiger partial charge is 0.330 e. The Kier molecular flexibility index (Phi) is 5.00. The van der Waals surface area contributed by atoms with E-state index in [1.54, 1.807) is 0 Å². The topological polar surface area (TPSA) is 75.4 Å². The molecule has 1 aromatic rings. The van der Waals surface area contributed by atoms with Crippen molar-refractivity contribution < 1.29 is 12.8 Å². The highest BCUT2D eigenvalue weighted by Crippen LogP contribution is 2.26. The first kappa shape index (κ1) is 15.7. The van der Waals surface area contributed by atoms with Gasteiger partial charge in [0, 0.05) is 17.6 Å². The van der Waals surface area contributed by atoms with Crippen LogP contribution >= 0.6 is 15.9 Å². The van der Waals surface area contributed by atoms with E-state index in [4.69, 9.17) is 5.73 Å². The quantitative estimate of drug-likeness (QED) is 0.855. The summed E-state index contributed by atoms with van der Waals surface area (Å²) in [5.74, 6) is -0.116. The van der Waals surface area contributed by atoms with E-state index in [2.05, 4.69) is 20.7 Å². The van der Waals surface area contributed by atoms with Gasteiger partial charge in [0.1, 0.15) is 5.82 Å². The van der Waals surface area contributed by atoms with Gasteiger partial charge in [0.2, 0.25) is 0 Å². The van der Waals surface area contributed by atoms with Gasteiger partial charge >= 0.3 is 10.2 Å². The lowest BCUT2D eigenvalue weighted by Gasteiger charge is -2.30. The molecule has 0 bridgehead atoms. The number of benzene rings is 1. The first-order valence-corrected chi connectivity index (χ1v) is 8.58. The summed E-state index contributed by atoms with van der Waals surface area (Å²) in [6, 6.07) is 3.87. The van der Waals surface area contributed by atoms with Crippen LogP contribution in [0.25, 0.3) is 0 Å². The van der Waals surface area contributed by atoms with Crippen molar-refractivity contribution in [3.8, 4) is 0 Å². The molecule has 1 aliphatic rings. The second kappa shape index (κ2) is 6.38. The van der Waals surface area contributed by atoms with Gasteiger partial charge in [-0.2, -0.15) is 12.7 Å². The lowest BCUT2D eigenvalue weighted by Crippen LogP contribution is -2.42. The Morgan fingerprint density at radius 1 is 1.40 bits per heavy atom. The molecule has 1 heterocycles. The minimum absolute atomic E-state index is 0.200. The van der Waals surface area contributed by atoms with Crippen LogP contribution in [0.1, 0.15) is 12.8 Å². The van der Waals surface area contributed by atoms with Crippen molar-refractivity contribution in [1.29, 1.82) is 0 Å². The van der Waals surface area contributed by atoms with Crippen LogP contribution in [-0.2, 0) is 10.2 Å². The number of hydrogen-bond acceptors (Lipinski definition) is 3. The molecule has 1 fully saturated rings. The van der Waals surface area contributed by atoms with Gasteiger partial charge in [0.25, 0.3) is 0 Å². The second-order valence-corrected chi connectivity index (χ2v) is 7.33. The standard InChI is InChI=1S/C12H17BrFN3O2S/c13-11-2-1-10(14)7-12(11)16-20(18,19)17-5-3-9(8-15)4-6-17/h1-2,7,9,16H,3-6,8,15H2. The average Bonchev–Trinajstić information content (AvgIpc) is 2.43. The zero-order valence-corrected chi connectivity index (χ0v) is 13.3. The fourth-order valence-corrected chi connectivity index (χ4v) is 3.91. The van der Waals surface area contributed by atoms with E-state index in [9.17, 15) is 12.8 Å². The zero-order chi connectivity index (χ0) is 14.8. The fourth-order valence-electron chi connectivity index (χ4n) is 2.16. The van der Waals surface area contributed by atoms with Gasteiger partial charge in [-0.3, -0.25) is 4.72 Å². The Bertz CT molecular complexity index is 574. The maximum absolute atomic E-state index is 13.2. The Morgan fingerprint density at radius 3 is 2.65 bits per heavy atom. The van der Waals surface area contributed by atoms with Crippen molar-refractivity contribution in [3.05, 3.63) is 28.5 Å². The average molecular weight is 366 g/mol. The molecule has 0 aromatic heterocycles. The number of anilines is 1. The van der Waals surface area contributed by atoms with Crippen LogP contribution < -0.4 is 10.5 Å². The normalized spacial score (nSPS) is 18.1. The van der Waals surface area contributed by atoms with Crippen LogP contribution in [0.3, 0.4) is 0 Å². The number of rotatable bonds is 4. The highest BCUT2D eigenvalue weighted by Gasteiger charge is 2.27. The molecule has 0 unspecified atom stereocenters. The highest BCUT2D eigenvalue weighted by atomic mass is 79.9. The lowest BCUT2D eigenvalue weighted by atomic mass is 9.99. The number of nitrogens with zero attached hydrogens (tertiary/aromatic N) is 1. The molecule has 0 amide bonds. The van der Waals surface area contributed by atoms with Crippen LogP contribution in [0.2, 0.25) is 0 Å². The molecule has 8 heteroatoms. The van der Waals surface area contributed by atoms with Crippen LogP contribution in [0.5, 0.6) is 0 Å². The molecule has 0 spiro atoms. The maximum atomic E-state index is 13.2. The summed E-state index contributed by atoms with van der Waals surface area (Å²) < 4.78 is 42.0. The number of nitrogens with two attached hydrogens (primary N) is 1. The van der Waals surface area contributed by atoms with E-state index < -0.39 is 16.0 Å². The Hall–Kier alpha value is -0.700. The summed E-state index contributed by atoms with van der Waals surface area (Å²) in [7, 11) is -3.66. The van der Waals surface area contributed by atoms with E-state index >= 15 is 0 Å². The highest BCUT2D eigenvalue weighted by molar-refractivity contribution is 9.10. The van der Waals surface area contributed by atoms with E-state index in [0.29, 0.717) is 30.0 Å². The van der Waals surface area contributed by atoms with E-state index in [0.717, 1.165) is 18.9 Å². The number of halogens is 2. The third-order valence-corrected chi connectivity index (χ3v) is 5.63. The van der Waals surface area contributed by atoms with Crippen LogP contribution in [0.4, 0.5) is 10.1 Å². The zero-order valence-electron chi connectivity index (χ0n) is 10.9.